The Kier molecular flexibility index (Phi) is 24.2. The minimum Gasteiger partial charge on any atom is -0.469 e. The zero-order valence-electron chi connectivity index (χ0n) is 56.7. The summed E-state index contributed by atoms with van der Waals surface area (Å²) < 4.78 is 185. The van der Waals surface area contributed by atoms with Crippen LogP contribution >= 0.6 is 7.60 Å². The Morgan fingerprint density at radius 3 is 1.93 bits per heavy atom. The third-order valence-corrected chi connectivity index (χ3v) is 19.7. The number of fused-ring (bicyclic) bond motifs is 2. The van der Waals surface area contributed by atoms with Crippen LogP contribution in [0.2, 0.25) is 0 Å². The molecule has 5 aromatic rings. The molecular formula is C69H81F10N8O12P. The number of esters is 2. The highest BCUT2D eigenvalue weighted by atomic mass is 31.2. The summed E-state index contributed by atoms with van der Waals surface area (Å²) in [6.45, 7) is 6.21. The molecule has 2 bridgehead atoms. The van der Waals surface area contributed by atoms with Crippen LogP contribution in [0.3, 0.4) is 0 Å². The molecule has 8 rings (SSSR count). The number of hydrogen-bond donors (Lipinski definition) is 4. The number of halogens is 10. The Bertz CT molecular complexity index is 3870. The number of carbonyl (C=O) groups excluding carboxylic acids is 5. The monoisotopic (exact) mass is 1430 g/mol. The van der Waals surface area contributed by atoms with Gasteiger partial charge >= 0.3 is 44.5 Å². The number of nitrogens with one attached hydrogen (secondary N) is 2. The maximum absolute atomic E-state index is 16.7. The van der Waals surface area contributed by atoms with Crippen LogP contribution in [0.15, 0.2) is 79.1 Å². The molecule has 100 heavy (non-hydrogen) atoms. The number of ketones is 1. The van der Waals surface area contributed by atoms with Crippen LogP contribution in [0.25, 0.3) is 11.3 Å². The fourth-order valence-electron chi connectivity index (χ4n) is 13.4. The lowest BCUT2D eigenvalue weighted by Gasteiger charge is -2.47. The Hall–Kier alpha value is -7.94. The van der Waals surface area contributed by atoms with Gasteiger partial charge in [-0.1, -0.05) is 69.4 Å². The maximum Gasteiger partial charge on any atom is 0.407 e. The predicted octanol–water partition coefficient (Wildman–Crippen LogP) is 11.4. The number of hydrogen-bond acceptors (Lipinski definition) is 15. The highest BCUT2D eigenvalue weighted by Gasteiger charge is 2.57. The molecule has 31 heteroatoms. The smallest absolute Gasteiger partial charge is 0.407 e. The number of ether oxygens (including phenoxy) is 4. The highest BCUT2D eigenvalue weighted by molar-refractivity contribution is 7.50. The number of methoxy groups -OCH3 is 2. The number of piperazine rings is 1. The summed E-state index contributed by atoms with van der Waals surface area (Å²) in [7, 11) is -3.17. The molecule has 544 valence electrons. The molecule has 4 N–H and O–H groups in total. The van der Waals surface area contributed by atoms with Gasteiger partial charge in [0.25, 0.3) is 0 Å². The standard InChI is InChI=1S/C69H81F10N8O12P/c1-39-23-40(2)60(46(24-39)38-100(93,94)95)65(3,4)30-59(90)99-56(35-85(83-62(91)51(29-58(89)96-9)66(5,6)68(74,75)76)34-50-52(70)26-44(27-53(50)71)54-21-22-86(82-54)63(72)73)45(28-55(88)61(81-64(92)97-10)67(7,8)69(77,78)79)25-42-14-11-41(12-15-42)13-16-43-17-20-57(80-31-43)84-32-47-18-19-48(33-84)87(47)49-36-98-37-49/h11-12,14-15,17,20-24,26-27,31,45,47-49,51,56,61,63H,18-19,25,28-30,32-38H2,1-10H3,(H,81,92)(H,83,91)(H2,93,94,95)/t45-,47?,48?,51-,56+,61-/m1/s1. The van der Waals surface area contributed by atoms with E-state index in [1.807, 2.05) is 17.4 Å². The topological polar surface area (TPSA) is 244 Å². The second-order valence-electron chi connectivity index (χ2n) is 27.5. The van der Waals surface area contributed by atoms with Gasteiger partial charge in [0.05, 0.1) is 81.5 Å². The van der Waals surface area contributed by atoms with E-state index in [1.54, 1.807) is 38.2 Å². The molecule has 3 saturated heterocycles. The fourth-order valence-corrected chi connectivity index (χ4v) is 14.1. The first-order chi connectivity index (χ1) is 46.6. The first-order valence-corrected chi connectivity index (χ1v) is 33.9. The van der Waals surface area contributed by atoms with E-state index < -0.39 is 164 Å². The van der Waals surface area contributed by atoms with Crippen molar-refractivity contribution in [2.45, 2.75) is 161 Å². The quantitative estimate of drug-likeness (QED) is 0.00953. The van der Waals surface area contributed by atoms with Gasteiger partial charge in [-0.25, -0.2) is 28.3 Å². The van der Waals surface area contributed by atoms with Crippen molar-refractivity contribution < 1.29 is 101 Å². The Labute approximate surface area is 571 Å². The predicted molar refractivity (Wildman–Crippen MR) is 345 cm³/mol. The van der Waals surface area contributed by atoms with Gasteiger partial charge in [0.1, 0.15) is 29.6 Å². The summed E-state index contributed by atoms with van der Waals surface area (Å²) in [5, 5.41) is 6.19. The molecular weight excluding hydrogens is 1350 g/mol. The largest absolute Gasteiger partial charge is 0.469 e. The van der Waals surface area contributed by atoms with E-state index in [4.69, 9.17) is 14.5 Å². The van der Waals surface area contributed by atoms with Crippen LogP contribution < -0.4 is 15.6 Å². The third-order valence-electron chi connectivity index (χ3n) is 18.9. The van der Waals surface area contributed by atoms with Crippen molar-refractivity contribution in [2.75, 3.05) is 52.0 Å². The van der Waals surface area contributed by atoms with E-state index in [1.165, 1.54) is 32.0 Å². The number of hydrazine groups is 1. The van der Waals surface area contributed by atoms with E-state index in [2.05, 4.69) is 41.6 Å². The van der Waals surface area contributed by atoms with E-state index in [-0.39, 0.29) is 27.1 Å². The molecule has 2 amide bonds. The van der Waals surface area contributed by atoms with Gasteiger partial charge in [-0.05, 0) is 112 Å². The van der Waals surface area contributed by atoms with Gasteiger partial charge < -0.3 is 39.0 Å². The van der Waals surface area contributed by atoms with Crippen molar-refractivity contribution in [1.82, 2.24) is 35.4 Å². The van der Waals surface area contributed by atoms with E-state index in [0.29, 0.717) is 85.2 Å². The molecule has 2 aromatic heterocycles. The summed E-state index contributed by atoms with van der Waals surface area (Å²) in [4.78, 5) is 101. The first kappa shape index (κ1) is 77.8. The Balaban J connectivity index is 1.24. The van der Waals surface area contributed by atoms with Crippen LogP contribution in [0, 0.1) is 60.0 Å². The molecule has 2 unspecified atom stereocenters. The van der Waals surface area contributed by atoms with Crippen molar-refractivity contribution in [2.24, 2.45) is 22.7 Å². The summed E-state index contributed by atoms with van der Waals surface area (Å²) in [6.07, 6.45) is -13.8. The molecule has 0 saturated carbocycles. The Morgan fingerprint density at radius 1 is 0.790 bits per heavy atom. The second kappa shape index (κ2) is 31.1. The van der Waals surface area contributed by atoms with Gasteiger partial charge in [0, 0.05) is 84.1 Å². The van der Waals surface area contributed by atoms with Crippen LogP contribution in [0.1, 0.15) is 125 Å². The molecule has 3 fully saturated rings. The molecule has 3 aliphatic heterocycles. The zero-order valence-corrected chi connectivity index (χ0v) is 57.6. The van der Waals surface area contributed by atoms with E-state index in [0.717, 1.165) is 71.4 Å². The number of alkyl halides is 8. The number of anilines is 1. The fraction of sp³-hybridized carbons (Fsp3) is 0.522. The van der Waals surface area contributed by atoms with E-state index in [9.17, 15) is 37.5 Å². The van der Waals surface area contributed by atoms with Gasteiger partial charge in [0.15, 0.2) is 5.78 Å². The SMILES string of the molecule is COC(=O)C[C@H](C(=O)NN(Cc1c(F)cc(-c2ccn(C(F)F)n2)cc1F)C[C@H](OC(=O)CC(C)(C)c1c(C)cc(C)cc1CP(=O)(O)O)[C@@H](CC(=O)[C@@H](NC(=O)OC)C(C)(C)C(F)(F)F)Cc1ccc(C#Cc2ccc(N3CC4CCC(C3)N4C3COC3)nc2)cc1)C(C)(C)C(F)(F)F. The normalized spacial score (nSPS) is 17.6. The summed E-state index contributed by atoms with van der Waals surface area (Å²) in [5.41, 5.74) is -4.54. The third kappa shape index (κ3) is 18.8. The molecule has 20 nitrogen and oxygen atoms in total. The van der Waals surface area contributed by atoms with Crippen molar-refractivity contribution in [1.29, 1.82) is 0 Å². The number of benzene rings is 3. The molecule has 6 atom stereocenters. The number of carbonyl (C=O) groups is 5. The number of pyridine rings is 1. The first-order valence-electron chi connectivity index (χ1n) is 32.1. The second-order valence-corrected chi connectivity index (χ2v) is 29.2. The van der Waals surface area contributed by atoms with Crippen molar-refractivity contribution >= 4 is 43.1 Å². The zero-order chi connectivity index (χ0) is 73.8. The number of Topliss-reactive ketones (excluding diaryl/α,β-unsaturated/α-hetero) is 1. The number of alkyl carbamates (subject to hydrolysis) is 1. The van der Waals surface area contributed by atoms with E-state index >= 15 is 44.7 Å². The highest BCUT2D eigenvalue weighted by Crippen LogP contribution is 2.47. The summed E-state index contributed by atoms with van der Waals surface area (Å²) in [5.74, 6) is -5.69. The molecule has 3 aliphatic rings. The number of aryl methyl sites for hydroxylation is 2. The lowest BCUT2D eigenvalue weighted by Crippen LogP contribution is -2.62. The van der Waals surface area contributed by atoms with Crippen LogP contribution in [-0.2, 0) is 67.2 Å². The van der Waals surface area contributed by atoms with Gasteiger partial charge in [-0.2, -0.15) is 40.2 Å². The Morgan fingerprint density at radius 2 is 1.40 bits per heavy atom. The molecule has 0 aliphatic carbocycles. The maximum atomic E-state index is 16.7. The average Bonchev–Trinajstić information content (AvgIpc) is 1.40. The van der Waals surface area contributed by atoms with Gasteiger partial charge in [0.2, 0.25) is 5.91 Å². The average molecular weight is 1440 g/mol. The molecule has 5 heterocycles. The van der Waals surface area contributed by atoms with Crippen LogP contribution in [0.5, 0.6) is 0 Å². The molecule has 0 radical (unpaired) electrons. The number of amides is 2. The summed E-state index contributed by atoms with van der Waals surface area (Å²) >= 11 is 0. The number of aromatic nitrogens is 3. The minimum absolute atomic E-state index is 0.129. The van der Waals surface area contributed by atoms with Crippen LogP contribution in [-0.4, -0.2) is 154 Å². The number of nitrogens with zero attached hydrogens (tertiary/aromatic N) is 6. The van der Waals surface area contributed by atoms with Crippen LogP contribution in [0.4, 0.5) is 54.5 Å². The van der Waals surface area contributed by atoms with Crippen molar-refractivity contribution in [3.63, 3.8) is 0 Å². The van der Waals surface area contributed by atoms with Crippen molar-refractivity contribution in [3.8, 4) is 23.1 Å². The molecule has 0 spiro atoms. The van der Waals surface area contributed by atoms with Crippen molar-refractivity contribution in [3.05, 3.63) is 135 Å². The number of rotatable bonds is 27. The summed E-state index contributed by atoms with van der Waals surface area (Å²) in [6, 6.07) is 14.0. The lowest BCUT2D eigenvalue weighted by molar-refractivity contribution is -0.231. The lowest BCUT2D eigenvalue weighted by atomic mass is 9.75. The van der Waals surface area contributed by atoms with Gasteiger partial charge in [-0.3, -0.25) is 34.1 Å². The molecule has 3 aromatic carbocycles. The minimum atomic E-state index is -5.26. The van der Waals surface area contributed by atoms with Gasteiger partial charge in [-0.15, -0.1) is 0 Å².